The first-order chi connectivity index (χ1) is 10.3. The van der Waals surface area contributed by atoms with E-state index in [1.807, 2.05) is 24.3 Å². The van der Waals surface area contributed by atoms with Gasteiger partial charge in [0.2, 0.25) is 0 Å². The van der Waals surface area contributed by atoms with Crippen LogP contribution in [0.5, 0.6) is 0 Å². The first-order valence-corrected chi connectivity index (χ1v) is 7.72. The zero-order chi connectivity index (χ0) is 14.9. The number of aromatic nitrogens is 1. The van der Waals surface area contributed by atoms with Gasteiger partial charge in [-0.1, -0.05) is 12.1 Å². The lowest BCUT2D eigenvalue weighted by atomic mass is 10.1. The highest BCUT2D eigenvalue weighted by atomic mass is 32.2. The van der Waals surface area contributed by atoms with Crippen molar-refractivity contribution in [1.82, 2.24) is 4.98 Å². The van der Waals surface area contributed by atoms with Gasteiger partial charge in [0.25, 0.3) is 0 Å². The first-order valence-electron chi connectivity index (χ1n) is 6.74. The average Bonchev–Trinajstić information content (AvgIpc) is 2.54. The van der Waals surface area contributed by atoms with Crippen molar-refractivity contribution in [1.29, 1.82) is 5.26 Å². The van der Waals surface area contributed by atoms with Gasteiger partial charge in [0.15, 0.2) is 0 Å². The predicted molar refractivity (Wildman–Crippen MR) is 85.1 cm³/mol. The third-order valence-corrected chi connectivity index (χ3v) is 4.04. The Labute approximate surface area is 128 Å². The first kappa shape index (κ1) is 15.4. The van der Waals surface area contributed by atoms with Crippen molar-refractivity contribution >= 4 is 17.4 Å². The van der Waals surface area contributed by atoms with Crippen molar-refractivity contribution < 1.29 is 5.11 Å². The van der Waals surface area contributed by atoms with Gasteiger partial charge in [-0.2, -0.15) is 5.26 Å². The van der Waals surface area contributed by atoms with Gasteiger partial charge in [-0.15, -0.1) is 11.8 Å². The Morgan fingerprint density at radius 3 is 3.05 bits per heavy atom. The van der Waals surface area contributed by atoms with E-state index in [1.165, 1.54) is 0 Å². The molecule has 0 saturated carbocycles. The Hall–Kier alpha value is -2.03. The van der Waals surface area contributed by atoms with E-state index in [0.717, 1.165) is 28.3 Å². The fourth-order valence-corrected chi connectivity index (χ4v) is 2.77. The van der Waals surface area contributed by atoms with Crippen molar-refractivity contribution in [3.8, 4) is 6.07 Å². The highest BCUT2D eigenvalue weighted by Gasteiger charge is 2.03. The van der Waals surface area contributed by atoms with Gasteiger partial charge < -0.3 is 10.4 Å². The molecule has 0 aliphatic heterocycles. The monoisotopic (exact) mass is 299 g/mol. The minimum atomic E-state index is 0.210. The normalized spacial score (nSPS) is 10.1. The van der Waals surface area contributed by atoms with E-state index >= 15 is 0 Å². The van der Waals surface area contributed by atoms with Crippen LogP contribution in [0, 0.1) is 11.3 Å². The SMILES string of the molecule is N#Cc1cccc(CNc2cnccc2SCCCO)c1. The van der Waals surface area contributed by atoms with E-state index in [9.17, 15) is 0 Å². The molecule has 4 nitrogen and oxygen atoms in total. The van der Waals surface area contributed by atoms with E-state index in [4.69, 9.17) is 10.4 Å². The van der Waals surface area contributed by atoms with Gasteiger partial charge in [-0.3, -0.25) is 4.98 Å². The van der Waals surface area contributed by atoms with E-state index in [-0.39, 0.29) is 6.61 Å². The summed E-state index contributed by atoms with van der Waals surface area (Å²) in [7, 11) is 0. The Kier molecular flexibility index (Phi) is 6.07. The number of benzene rings is 1. The number of aliphatic hydroxyl groups excluding tert-OH is 1. The molecule has 0 amide bonds. The summed E-state index contributed by atoms with van der Waals surface area (Å²) in [6.45, 7) is 0.858. The molecule has 0 saturated heterocycles. The molecule has 0 spiro atoms. The molecule has 21 heavy (non-hydrogen) atoms. The van der Waals surface area contributed by atoms with Gasteiger partial charge >= 0.3 is 0 Å². The molecular weight excluding hydrogens is 282 g/mol. The molecular formula is C16H17N3OS. The Morgan fingerprint density at radius 2 is 2.24 bits per heavy atom. The molecule has 0 unspecified atom stereocenters. The van der Waals surface area contributed by atoms with E-state index in [1.54, 1.807) is 30.2 Å². The van der Waals surface area contributed by atoms with Crippen LogP contribution in [0.25, 0.3) is 0 Å². The van der Waals surface area contributed by atoms with Crippen LogP contribution in [0.1, 0.15) is 17.5 Å². The molecule has 0 fully saturated rings. The smallest absolute Gasteiger partial charge is 0.0991 e. The number of rotatable bonds is 7. The maximum absolute atomic E-state index is 8.91. The molecule has 2 rings (SSSR count). The van der Waals surface area contributed by atoms with Crippen LogP contribution in [0.3, 0.4) is 0 Å². The second kappa shape index (κ2) is 8.30. The van der Waals surface area contributed by atoms with Crippen molar-refractivity contribution in [3.05, 3.63) is 53.9 Å². The van der Waals surface area contributed by atoms with Crippen molar-refractivity contribution in [2.75, 3.05) is 17.7 Å². The van der Waals surface area contributed by atoms with E-state index in [0.29, 0.717) is 12.1 Å². The number of hydrogen-bond donors (Lipinski definition) is 2. The standard InChI is InChI=1S/C16H17N3OS/c17-10-13-3-1-4-14(9-13)11-19-15-12-18-6-5-16(15)21-8-2-7-20/h1,3-6,9,12,19-20H,2,7-8,11H2. The van der Waals surface area contributed by atoms with Crippen LogP contribution in [0.15, 0.2) is 47.6 Å². The quantitative estimate of drug-likeness (QED) is 0.607. The molecule has 2 N–H and O–H groups in total. The van der Waals surface area contributed by atoms with Crippen molar-refractivity contribution in [2.45, 2.75) is 17.9 Å². The lowest BCUT2D eigenvalue weighted by Gasteiger charge is -2.11. The minimum Gasteiger partial charge on any atom is -0.396 e. The van der Waals surface area contributed by atoms with Crippen LogP contribution < -0.4 is 5.32 Å². The van der Waals surface area contributed by atoms with Crippen LogP contribution in [-0.4, -0.2) is 22.5 Å². The van der Waals surface area contributed by atoms with Gasteiger partial charge in [-0.05, 0) is 30.2 Å². The fraction of sp³-hybridized carbons (Fsp3) is 0.250. The Balaban J connectivity index is 2.00. The molecule has 0 atom stereocenters. The number of pyridine rings is 1. The largest absolute Gasteiger partial charge is 0.396 e. The third-order valence-electron chi connectivity index (χ3n) is 2.88. The Morgan fingerprint density at radius 1 is 1.33 bits per heavy atom. The van der Waals surface area contributed by atoms with E-state index in [2.05, 4.69) is 16.4 Å². The van der Waals surface area contributed by atoms with Crippen LogP contribution in [0.4, 0.5) is 5.69 Å². The van der Waals surface area contributed by atoms with Crippen LogP contribution in [-0.2, 0) is 6.54 Å². The molecule has 0 aliphatic carbocycles. The molecule has 108 valence electrons. The zero-order valence-electron chi connectivity index (χ0n) is 11.6. The lowest BCUT2D eigenvalue weighted by Crippen LogP contribution is -2.01. The number of hydrogen-bond acceptors (Lipinski definition) is 5. The summed E-state index contributed by atoms with van der Waals surface area (Å²) in [4.78, 5) is 5.26. The number of nitrogens with one attached hydrogen (secondary N) is 1. The summed E-state index contributed by atoms with van der Waals surface area (Å²) in [6, 6.07) is 11.7. The molecule has 2 aromatic rings. The molecule has 1 heterocycles. The topological polar surface area (TPSA) is 68.9 Å². The predicted octanol–water partition coefficient (Wildman–Crippen LogP) is 3.04. The second-order valence-corrected chi connectivity index (χ2v) is 5.60. The van der Waals surface area contributed by atoms with Crippen LogP contribution >= 0.6 is 11.8 Å². The number of anilines is 1. The number of thioether (sulfide) groups is 1. The maximum Gasteiger partial charge on any atom is 0.0991 e. The number of nitrogens with zero attached hydrogens (tertiary/aromatic N) is 2. The average molecular weight is 299 g/mol. The van der Waals surface area contributed by atoms with Gasteiger partial charge in [0, 0.05) is 30.0 Å². The summed E-state index contributed by atoms with van der Waals surface area (Å²) in [5.74, 6) is 0.874. The highest BCUT2D eigenvalue weighted by Crippen LogP contribution is 2.27. The molecule has 0 bridgehead atoms. The molecule has 5 heteroatoms. The summed E-state index contributed by atoms with van der Waals surface area (Å²) in [5, 5.41) is 21.1. The van der Waals surface area contributed by atoms with Gasteiger partial charge in [-0.25, -0.2) is 0 Å². The highest BCUT2D eigenvalue weighted by molar-refractivity contribution is 7.99. The number of aliphatic hydroxyl groups is 1. The minimum absolute atomic E-state index is 0.210. The number of nitriles is 1. The molecule has 0 aliphatic rings. The fourth-order valence-electron chi connectivity index (χ4n) is 1.84. The zero-order valence-corrected chi connectivity index (χ0v) is 12.4. The third kappa shape index (κ3) is 4.78. The van der Waals surface area contributed by atoms with Crippen molar-refractivity contribution in [3.63, 3.8) is 0 Å². The lowest BCUT2D eigenvalue weighted by molar-refractivity contribution is 0.296. The van der Waals surface area contributed by atoms with Gasteiger partial charge in [0.05, 0.1) is 23.5 Å². The maximum atomic E-state index is 8.91. The Bertz CT molecular complexity index is 625. The van der Waals surface area contributed by atoms with Crippen LogP contribution in [0.2, 0.25) is 0 Å². The molecule has 1 aromatic carbocycles. The van der Waals surface area contributed by atoms with Gasteiger partial charge in [0.1, 0.15) is 0 Å². The second-order valence-electron chi connectivity index (χ2n) is 4.46. The summed E-state index contributed by atoms with van der Waals surface area (Å²) < 4.78 is 0. The molecule has 0 radical (unpaired) electrons. The summed E-state index contributed by atoms with van der Waals surface area (Å²) in [6.07, 6.45) is 4.34. The summed E-state index contributed by atoms with van der Waals surface area (Å²) in [5.41, 5.74) is 2.70. The molecule has 1 aromatic heterocycles. The van der Waals surface area contributed by atoms with Crippen molar-refractivity contribution in [2.24, 2.45) is 0 Å². The summed E-state index contributed by atoms with van der Waals surface area (Å²) >= 11 is 1.70. The van der Waals surface area contributed by atoms with E-state index < -0.39 is 0 Å².